The van der Waals surface area contributed by atoms with Crippen LogP contribution < -0.4 is 14.8 Å². The Balaban J connectivity index is 1.83. The summed E-state index contributed by atoms with van der Waals surface area (Å²) in [6.45, 7) is 1.99. The van der Waals surface area contributed by atoms with Crippen molar-refractivity contribution in [2.45, 2.75) is 25.4 Å². The van der Waals surface area contributed by atoms with E-state index in [1.807, 2.05) is 37.4 Å². The first kappa shape index (κ1) is 19.3. The van der Waals surface area contributed by atoms with Crippen molar-refractivity contribution >= 4 is 0 Å². The number of nitrogens with one attached hydrogen (secondary N) is 1. The highest BCUT2D eigenvalue weighted by Crippen LogP contribution is 2.41. The Bertz CT molecular complexity index is 1040. The Labute approximate surface area is 168 Å². The van der Waals surface area contributed by atoms with Crippen LogP contribution in [0.4, 0.5) is 8.78 Å². The Morgan fingerprint density at radius 1 is 0.966 bits per heavy atom. The molecule has 0 unspecified atom stereocenters. The lowest BCUT2D eigenvalue weighted by molar-refractivity contribution is 0.350. The molecule has 0 radical (unpaired) electrons. The van der Waals surface area contributed by atoms with Gasteiger partial charge >= 0.3 is 0 Å². The molecule has 0 saturated heterocycles. The van der Waals surface area contributed by atoms with E-state index in [4.69, 9.17) is 9.47 Å². The quantitative estimate of drug-likeness (QED) is 0.697. The Morgan fingerprint density at radius 3 is 2.38 bits per heavy atom. The lowest BCUT2D eigenvalue weighted by Crippen LogP contribution is -2.34. The van der Waals surface area contributed by atoms with Crippen molar-refractivity contribution in [2.24, 2.45) is 0 Å². The van der Waals surface area contributed by atoms with Crippen LogP contribution in [-0.2, 0) is 6.42 Å². The molecule has 29 heavy (non-hydrogen) atoms. The molecule has 0 saturated carbocycles. The van der Waals surface area contributed by atoms with Gasteiger partial charge in [-0.05, 0) is 65.9 Å². The number of nitrogens with zero attached hydrogens (tertiary/aromatic N) is 1. The fraction of sp³-hybridized carbons (Fsp3) is 0.261. The lowest BCUT2D eigenvalue weighted by Gasteiger charge is -2.34. The predicted octanol–water partition coefficient (Wildman–Crippen LogP) is 4.66. The maximum Gasteiger partial charge on any atom is 0.161 e. The van der Waals surface area contributed by atoms with Gasteiger partial charge in [0.1, 0.15) is 0 Å². The topological polar surface area (TPSA) is 43.4 Å². The molecule has 2 aromatic carbocycles. The van der Waals surface area contributed by atoms with E-state index in [0.717, 1.165) is 28.5 Å². The van der Waals surface area contributed by atoms with E-state index < -0.39 is 11.6 Å². The molecule has 2 atom stereocenters. The molecular weight excluding hydrogens is 374 g/mol. The van der Waals surface area contributed by atoms with Crippen LogP contribution in [0.25, 0.3) is 0 Å². The van der Waals surface area contributed by atoms with Gasteiger partial charge in [0.2, 0.25) is 0 Å². The van der Waals surface area contributed by atoms with Crippen molar-refractivity contribution in [3.63, 3.8) is 0 Å². The molecule has 0 bridgehead atoms. The molecule has 3 aromatic rings. The first-order valence-corrected chi connectivity index (χ1v) is 9.38. The molecule has 4 rings (SSSR count). The van der Waals surface area contributed by atoms with Gasteiger partial charge in [-0.1, -0.05) is 12.1 Å². The number of halogens is 2. The first-order chi connectivity index (χ1) is 14.0. The standard InChI is InChI=1S/C23H22F2N2O2/c1-13-4-7-19(26-12-13)20-9-15-10-21(28-2)22(29-3)11-16(15)23(27-20)14-5-6-17(24)18(25)8-14/h4-8,10-12,20,23,27H,9H2,1-3H3/t20-,23-/m1/s1. The van der Waals surface area contributed by atoms with Gasteiger partial charge in [0.25, 0.3) is 0 Å². The predicted molar refractivity (Wildman–Crippen MR) is 106 cm³/mol. The third-order valence-electron chi connectivity index (χ3n) is 5.32. The van der Waals surface area contributed by atoms with Crippen LogP contribution in [-0.4, -0.2) is 19.2 Å². The molecule has 150 valence electrons. The molecule has 1 aliphatic heterocycles. The van der Waals surface area contributed by atoms with Gasteiger partial charge in [0, 0.05) is 6.20 Å². The summed E-state index contributed by atoms with van der Waals surface area (Å²) in [4.78, 5) is 4.56. The second-order valence-electron chi connectivity index (χ2n) is 7.20. The van der Waals surface area contributed by atoms with Crippen molar-refractivity contribution in [3.05, 3.63) is 88.2 Å². The SMILES string of the molecule is COc1cc2c(cc1OC)[C@@H](c1ccc(F)c(F)c1)N[C@@H](c1ccc(C)cn1)C2. The van der Waals surface area contributed by atoms with Crippen molar-refractivity contribution in [1.82, 2.24) is 10.3 Å². The molecule has 4 nitrogen and oxygen atoms in total. The zero-order valence-corrected chi connectivity index (χ0v) is 16.5. The minimum absolute atomic E-state index is 0.0840. The summed E-state index contributed by atoms with van der Waals surface area (Å²) < 4.78 is 38.4. The molecule has 2 heterocycles. The minimum atomic E-state index is -0.873. The van der Waals surface area contributed by atoms with Gasteiger partial charge in [-0.15, -0.1) is 0 Å². The average Bonchev–Trinajstić information content (AvgIpc) is 2.74. The minimum Gasteiger partial charge on any atom is -0.493 e. The first-order valence-electron chi connectivity index (χ1n) is 9.38. The van der Waals surface area contributed by atoms with Crippen LogP contribution in [0.1, 0.15) is 40.0 Å². The number of rotatable bonds is 4. The zero-order valence-electron chi connectivity index (χ0n) is 16.5. The van der Waals surface area contributed by atoms with Crippen molar-refractivity contribution in [3.8, 4) is 11.5 Å². The van der Waals surface area contributed by atoms with Crippen LogP contribution >= 0.6 is 0 Å². The highest BCUT2D eigenvalue weighted by Gasteiger charge is 2.31. The van der Waals surface area contributed by atoms with Crippen LogP contribution in [0.2, 0.25) is 0 Å². The number of hydrogen-bond acceptors (Lipinski definition) is 4. The van der Waals surface area contributed by atoms with Gasteiger partial charge in [-0.25, -0.2) is 8.78 Å². The molecule has 1 N–H and O–H groups in total. The van der Waals surface area contributed by atoms with E-state index in [1.165, 1.54) is 6.07 Å². The number of fused-ring (bicyclic) bond motifs is 1. The summed E-state index contributed by atoms with van der Waals surface area (Å²) in [5.74, 6) is -0.517. The normalized spacial score (nSPS) is 18.2. The maximum absolute atomic E-state index is 14.0. The number of pyridine rings is 1. The second kappa shape index (κ2) is 7.79. The molecule has 1 aromatic heterocycles. The van der Waals surface area contributed by atoms with Crippen molar-refractivity contribution < 1.29 is 18.3 Å². The van der Waals surface area contributed by atoms with Crippen LogP contribution in [0.5, 0.6) is 11.5 Å². The highest BCUT2D eigenvalue weighted by molar-refractivity contribution is 5.52. The average molecular weight is 396 g/mol. The number of aryl methyl sites for hydroxylation is 1. The van der Waals surface area contributed by atoms with Gasteiger partial charge < -0.3 is 9.47 Å². The van der Waals surface area contributed by atoms with Gasteiger partial charge in [0.05, 0.1) is 32.0 Å². The number of aromatic nitrogens is 1. The zero-order chi connectivity index (χ0) is 20.5. The lowest BCUT2D eigenvalue weighted by atomic mass is 9.85. The highest BCUT2D eigenvalue weighted by atomic mass is 19.2. The fourth-order valence-corrected chi connectivity index (χ4v) is 3.80. The van der Waals surface area contributed by atoms with E-state index in [2.05, 4.69) is 10.3 Å². The summed E-state index contributed by atoms with van der Waals surface area (Å²) >= 11 is 0. The summed E-state index contributed by atoms with van der Waals surface area (Å²) in [6.07, 6.45) is 2.51. The third kappa shape index (κ3) is 3.68. The molecule has 0 fully saturated rings. The summed E-state index contributed by atoms with van der Waals surface area (Å²) in [6, 6.07) is 11.4. The van der Waals surface area contributed by atoms with E-state index in [1.54, 1.807) is 20.3 Å². The summed E-state index contributed by atoms with van der Waals surface area (Å²) in [5, 5.41) is 3.55. The Kier molecular flexibility index (Phi) is 5.20. The van der Waals surface area contributed by atoms with Crippen molar-refractivity contribution in [2.75, 3.05) is 14.2 Å². The number of methoxy groups -OCH3 is 2. The van der Waals surface area contributed by atoms with E-state index in [-0.39, 0.29) is 12.1 Å². The van der Waals surface area contributed by atoms with E-state index >= 15 is 0 Å². The van der Waals surface area contributed by atoms with E-state index in [9.17, 15) is 8.78 Å². The fourth-order valence-electron chi connectivity index (χ4n) is 3.80. The maximum atomic E-state index is 14.0. The number of benzene rings is 2. The molecular formula is C23H22F2N2O2. The molecule has 1 aliphatic rings. The number of hydrogen-bond donors (Lipinski definition) is 1. The largest absolute Gasteiger partial charge is 0.493 e. The van der Waals surface area contributed by atoms with Crippen LogP contribution in [0.15, 0.2) is 48.7 Å². The smallest absolute Gasteiger partial charge is 0.161 e. The monoisotopic (exact) mass is 396 g/mol. The van der Waals surface area contributed by atoms with Gasteiger partial charge in [0.15, 0.2) is 23.1 Å². The van der Waals surface area contributed by atoms with E-state index in [0.29, 0.717) is 23.5 Å². The van der Waals surface area contributed by atoms with Crippen LogP contribution in [0.3, 0.4) is 0 Å². The molecule has 0 spiro atoms. The molecule has 6 heteroatoms. The summed E-state index contributed by atoms with van der Waals surface area (Å²) in [7, 11) is 3.17. The Morgan fingerprint density at radius 2 is 1.72 bits per heavy atom. The van der Waals surface area contributed by atoms with Gasteiger partial charge in [-0.2, -0.15) is 0 Å². The third-order valence-corrected chi connectivity index (χ3v) is 5.32. The number of ether oxygens (including phenoxy) is 2. The summed E-state index contributed by atoms with van der Waals surface area (Å²) in [5.41, 5.74) is 4.59. The van der Waals surface area contributed by atoms with Gasteiger partial charge in [-0.3, -0.25) is 10.3 Å². The molecule has 0 amide bonds. The molecule has 0 aliphatic carbocycles. The van der Waals surface area contributed by atoms with Crippen molar-refractivity contribution in [1.29, 1.82) is 0 Å². The Hall–Kier alpha value is -2.99. The van der Waals surface area contributed by atoms with Crippen LogP contribution in [0, 0.1) is 18.6 Å². The second-order valence-corrected chi connectivity index (χ2v) is 7.20.